The second-order valence-electron chi connectivity index (χ2n) is 11.3. The van der Waals surface area contributed by atoms with Crippen molar-refractivity contribution in [1.29, 1.82) is 0 Å². The number of rotatable bonds is 9. The van der Waals surface area contributed by atoms with Crippen LogP contribution in [0, 0.1) is 18.7 Å². The monoisotopic (exact) mass is 527 g/mol. The number of aryl methyl sites for hydroxylation is 1. The van der Waals surface area contributed by atoms with E-state index in [-0.39, 0.29) is 23.2 Å². The SMILES string of the molecule is COCCCCC(O)(c1cccc(F)c1Oc1ccccc1C)C1CCCN(C(=O)N2CCC(C)(N)C2)C1. The number of nitrogens with zero attached hydrogens (tertiary/aromatic N) is 2. The van der Waals surface area contributed by atoms with Gasteiger partial charge < -0.3 is 30.1 Å². The second-order valence-corrected chi connectivity index (χ2v) is 11.3. The van der Waals surface area contributed by atoms with E-state index in [2.05, 4.69) is 0 Å². The minimum atomic E-state index is -1.39. The van der Waals surface area contributed by atoms with E-state index >= 15 is 4.39 Å². The number of halogens is 1. The summed E-state index contributed by atoms with van der Waals surface area (Å²) in [7, 11) is 1.65. The smallest absolute Gasteiger partial charge is 0.320 e. The van der Waals surface area contributed by atoms with Gasteiger partial charge in [0.05, 0.1) is 5.60 Å². The Morgan fingerprint density at radius 3 is 2.68 bits per heavy atom. The molecule has 2 aliphatic rings. The predicted molar refractivity (Wildman–Crippen MR) is 146 cm³/mol. The molecule has 0 bridgehead atoms. The van der Waals surface area contributed by atoms with Gasteiger partial charge in [-0.2, -0.15) is 0 Å². The van der Waals surface area contributed by atoms with E-state index in [0.717, 1.165) is 31.2 Å². The van der Waals surface area contributed by atoms with E-state index < -0.39 is 11.4 Å². The fourth-order valence-corrected chi connectivity index (χ4v) is 5.82. The number of hydrogen-bond donors (Lipinski definition) is 2. The number of aliphatic hydroxyl groups is 1. The molecule has 0 aromatic heterocycles. The molecule has 2 amide bonds. The van der Waals surface area contributed by atoms with Gasteiger partial charge in [0.1, 0.15) is 5.75 Å². The fraction of sp³-hybridized carbons (Fsp3) is 0.567. The number of urea groups is 1. The summed E-state index contributed by atoms with van der Waals surface area (Å²) in [5.41, 5.74) is 5.81. The van der Waals surface area contributed by atoms with Crippen LogP contribution in [-0.2, 0) is 10.3 Å². The molecule has 3 N–H and O–H groups in total. The standard InChI is InChI=1S/C30H42FN3O4/c1-22-10-4-5-14-26(22)38-27-24(12-8-13-25(27)31)30(36,15-6-7-19-37-3)23-11-9-17-33(20-23)28(35)34-18-16-29(2,32)21-34/h4-5,8,10,12-14,23,36H,6-7,9,11,15-21,32H2,1-3H3. The zero-order valence-electron chi connectivity index (χ0n) is 22.9. The Balaban J connectivity index is 1.65. The highest BCUT2D eigenvalue weighted by Crippen LogP contribution is 2.45. The third-order valence-corrected chi connectivity index (χ3v) is 8.04. The maximum Gasteiger partial charge on any atom is 0.320 e. The molecule has 3 unspecified atom stereocenters. The van der Waals surface area contributed by atoms with Crippen molar-refractivity contribution in [1.82, 2.24) is 9.80 Å². The topological polar surface area (TPSA) is 88.3 Å². The average Bonchev–Trinajstić information content (AvgIpc) is 3.28. The first-order chi connectivity index (χ1) is 18.1. The summed E-state index contributed by atoms with van der Waals surface area (Å²) in [6.45, 7) is 6.62. The van der Waals surface area contributed by atoms with Gasteiger partial charge in [0, 0.05) is 56.9 Å². The number of nitrogens with two attached hydrogens (primary N) is 1. The van der Waals surface area contributed by atoms with E-state index in [1.807, 2.05) is 41.8 Å². The van der Waals surface area contributed by atoms with Crippen LogP contribution < -0.4 is 10.5 Å². The molecule has 3 atom stereocenters. The lowest BCUT2D eigenvalue weighted by Crippen LogP contribution is -2.52. The van der Waals surface area contributed by atoms with Crippen LogP contribution in [0.3, 0.4) is 0 Å². The zero-order valence-corrected chi connectivity index (χ0v) is 22.9. The zero-order chi connectivity index (χ0) is 27.3. The molecule has 2 fully saturated rings. The van der Waals surface area contributed by atoms with E-state index in [4.69, 9.17) is 15.2 Å². The minimum Gasteiger partial charge on any atom is -0.454 e. The Morgan fingerprint density at radius 2 is 1.97 bits per heavy atom. The van der Waals surface area contributed by atoms with Gasteiger partial charge in [-0.3, -0.25) is 0 Å². The number of ether oxygens (including phenoxy) is 2. The van der Waals surface area contributed by atoms with Crippen molar-refractivity contribution in [3.05, 3.63) is 59.4 Å². The van der Waals surface area contributed by atoms with Gasteiger partial charge in [0.2, 0.25) is 0 Å². The number of benzene rings is 2. The Morgan fingerprint density at radius 1 is 1.18 bits per heavy atom. The van der Waals surface area contributed by atoms with Gasteiger partial charge in [-0.25, -0.2) is 9.18 Å². The molecular formula is C30H42FN3O4. The van der Waals surface area contributed by atoms with Crippen LogP contribution in [0.15, 0.2) is 42.5 Å². The molecule has 4 rings (SSSR count). The van der Waals surface area contributed by atoms with Crippen LogP contribution in [0.25, 0.3) is 0 Å². The van der Waals surface area contributed by atoms with Gasteiger partial charge in [-0.05, 0) is 70.1 Å². The van der Waals surface area contributed by atoms with E-state index in [9.17, 15) is 9.90 Å². The van der Waals surface area contributed by atoms with E-state index in [1.165, 1.54) is 6.07 Å². The van der Waals surface area contributed by atoms with Crippen molar-refractivity contribution in [2.24, 2.45) is 11.7 Å². The minimum absolute atomic E-state index is 0.0398. The molecule has 0 spiro atoms. The summed E-state index contributed by atoms with van der Waals surface area (Å²) < 4.78 is 26.7. The molecule has 2 saturated heterocycles. The number of hydrogen-bond acceptors (Lipinski definition) is 5. The number of piperidine rings is 1. The second kappa shape index (κ2) is 12.0. The molecule has 2 aromatic carbocycles. The molecule has 208 valence electrons. The third-order valence-electron chi connectivity index (χ3n) is 8.04. The van der Waals surface area contributed by atoms with Crippen LogP contribution in [0.1, 0.15) is 56.6 Å². The molecule has 0 radical (unpaired) electrons. The molecule has 7 nitrogen and oxygen atoms in total. The first kappa shape index (κ1) is 28.3. The van der Waals surface area contributed by atoms with Crippen molar-refractivity contribution < 1.29 is 23.8 Å². The van der Waals surface area contributed by atoms with Crippen molar-refractivity contribution >= 4 is 6.03 Å². The normalized spacial score (nSPS) is 23.4. The number of likely N-dealkylation sites (tertiary alicyclic amines) is 2. The molecular weight excluding hydrogens is 485 g/mol. The Bertz CT molecular complexity index is 1110. The number of carbonyl (C=O) groups excluding carboxylic acids is 1. The molecule has 2 heterocycles. The Labute approximate surface area is 225 Å². The van der Waals surface area contributed by atoms with Crippen molar-refractivity contribution in [2.45, 2.75) is 63.5 Å². The summed E-state index contributed by atoms with van der Waals surface area (Å²) in [6, 6.07) is 12.1. The molecule has 8 heteroatoms. The molecule has 0 saturated carbocycles. The lowest BCUT2D eigenvalue weighted by Gasteiger charge is -2.44. The van der Waals surface area contributed by atoms with Crippen molar-refractivity contribution in [3.8, 4) is 11.5 Å². The molecule has 2 aliphatic heterocycles. The summed E-state index contributed by atoms with van der Waals surface area (Å²) in [5.74, 6) is -0.224. The van der Waals surface area contributed by atoms with Crippen molar-refractivity contribution in [2.75, 3.05) is 39.9 Å². The molecule has 2 aromatic rings. The Hall–Kier alpha value is -2.68. The number of para-hydroxylation sites is 2. The van der Waals surface area contributed by atoms with Crippen LogP contribution in [0.4, 0.5) is 9.18 Å². The average molecular weight is 528 g/mol. The summed E-state index contributed by atoms with van der Waals surface area (Å²) >= 11 is 0. The summed E-state index contributed by atoms with van der Waals surface area (Å²) in [5, 5.41) is 12.4. The number of carbonyl (C=O) groups is 1. The first-order valence-corrected chi connectivity index (χ1v) is 13.7. The number of methoxy groups -OCH3 is 1. The third kappa shape index (κ3) is 6.30. The fourth-order valence-electron chi connectivity index (χ4n) is 5.82. The Kier molecular flexibility index (Phi) is 8.96. The van der Waals surface area contributed by atoms with Crippen LogP contribution >= 0.6 is 0 Å². The molecule has 38 heavy (non-hydrogen) atoms. The number of unbranched alkanes of at least 4 members (excludes halogenated alkanes) is 1. The van der Waals surface area contributed by atoms with Gasteiger partial charge in [0.15, 0.2) is 11.6 Å². The van der Waals surface area contributed by atoms with E-state index in [1.54, 1.807) is 25.3 Å². The number of amides is 2. The highest BCUT2D eigenvalue weighted by Gasteiger charge is 2.45. The largest absolute Gasteiger partial charge is 0.454 e. The quantitative estimate of drug-likeness (QED) is 0.439. The van der Waals surface area contributed by atoms with Crippen LogP contribution in [-0.4, -0.2) is 66.4 Å². The van der Waals surface area contributed by atoms with Gasteiger partial charge in [0.25, 0.3) is 0 Å². The maximum atomic E-state index is 15.4. The predicted octanol–water partition coefficient (Wildman–Crippen LogP) is 5.19. The van der Waals surface area contributed by atoms with Crippen molar-refractivity contribution in [3.63, 3.8) is 0 Å². The van der Waals surface area contributed by atoms with Crippen LogP contribution in [0.5, 0.6) is 11.5 Å². The highest BCUT2D eigenvalue weighted by molar-refractivity contribution is 5.75. The van der Waals surface area contributed by atoms with Gasteiger partial charge in [-0.15, -0.1) is 0 Å². The summed E-state index contributed by atoms with van der Waals surface area (Å²) in [6.07, 6.45) is 4.10. The summed E-state index contributed by atoms with van der Waals surface area (Å²) in [4.78, 5) is 17.1. The van der Waals surface area contributed by atoms with Crippen LogP contribution in [0.2, 0.25) is 0 Å². The van der Waals surface area contributed by atoms with E-state index in [0.29, 0.717) is 56.9 Å². The lowest BCUT2D eigenvalue weighted by atomic mass is 9.73. The molecule has 0 aliphatic carbocycles. The maximum absolute atomic E-state index is 15.4. The lowest BCUT2D eigenvalue weighted by molar-refractivity contribution is -0.0589. The highest BCUT2D eigenvalue weighted by atomic mass is 19.1. The van der Waals surface area contributed by atoms with Gasteiger partial charge in [-0.1, -0.05) is 30.3 Å². The first-order valence-electron chi connectivity index (χ1n) is 13.7. The van der Waals surface area contributed by atoms with Gasteiger partial charge >= 0.3 is 6.03 Å².